The summed E-state index contributed by atoms with van der Waals surface area (Å²) >= 11 is 0. The number of amides is 1. The summed E-state index contributed by atoms with van der Waals surface area (Å²) in [6.45, 7) is 12.7. The van der Waals surface area contributed by atoms with Crippen LogP contribution in [-0.4, -0.2) is 82.7 Å². The number of fused-ring (bicyclic) bond motifs is 2. The molecule has 0 radical (unpaired) electrons. The summed E-state index contributed by atoms with van der Waals surface area (Å²) < 4.78 is 26.5. The summed E-state index contributed by atoms with van der Waals surface area (Å²) in [6.07, 6.45) is 20.0. The quantitative estimate of drug-likeness (QED) is 0.0382. The van der Waals surface area contributed by atoms with Gasteiger partial charge in [0.05, 0.1) is 35.8 Å². The number of nitro benzene ring substituents is 1. The molecule has 13 heteroatoms. The molecule has 0 bridgehead atoms. The highest BCUT2D eigenvalue weighted by atomic mass is 16.7. The van der Waals surface area contributed by atoms with E-state index in [0.717, 1.165) is 56.1 Å². The number of carbonyl (C=O) groups excluding carboxylic acids is 1. The summed E-state index contributed by atoms with van der Waals surface area (Å²) in [7, 11) is 1.74. The summed E-state index contributed by atoms with van der Waals surface area (Å²) in [5.41, 5.74) is 1.81. The van der Waals surface area contributed by atoms with E-state index in [9.17, 15) is 25.1 Å². The summed E-state index contributed by atoms with van der Waals surface area (Å²) in [4.78, 5) is 33.2. The molecule has 5 rings (SSSR count). The lowest BCUT2D eigenvalue weighted by molar-refractivity contribution is -0.384. The Morgan fingerprint density at radius 3 is 2.28 bits per heavy atom. The van der Waals surface area contributed by atoms with Gasteiger partial charge in [-0.15, -0.1) is 6.58 Å². The normalized spacial score (nSPS) is 23.0. The lowest BCUT2D eigenvalue weighted by atomic mass is 9.55. The molecule has 2 aromatic carbocycles. The fraction of sp³-hybridized carbons (Fsp3) is 0.647. The van der Waals surface area contributed by atoms with Crippen molar-refractivity contribution in [3.05, 3.63) is 82.4 Å². The molecule has 0 spiro atoms. The highest BCUT2D eigenvalue weighted by Gasteiger charge is 2.65. The largest absolute Gasteiger partial charge is 0.459 e. The van der Waals surface area contributed by atoms with E-state index in [1.54, 1.807) is 36.2 Å². The molecule has 6 atom stereocenters. The molecule has 0 unspecified atom stereocenters. The fourth-order valence-corrected chi connectivity index (χ4v) is 9.76. The second-order valence-electron chi connectivity index (χ2n) is 18.7. The third-order valence-corrected chi connectivity index (χ3v) is 12.8. The molecule has 2 N–H and O–H groups in total. The van der Waals surface area contributed by atoms with Crippen molar-refractivity contribution in [3.63, 3.8) is 0 Å². The topological polar surface area (TPSA) is 162 Å². The first-order chi connectivity index (χ1) is 30.9. The zero-order valence-electron chi connectivity index (χ0n) is 39.1. The maximum atomic E-state index is 14.2. The minimum absolute atomic E-state index is 0.0125. The molecule has 2 aliphatic carbocycles. The van der Waals surface area contributed by atoms with Gasteiger partial charge in [0.25, 0.3) is 5.69 Å². The maximum absolute atomic E-state index is 14.2. The Hall–Kier alpha value is -4.46. The smallest absolute Gasteiger partial charge is 0.409 e. The average molecular weight is 890 g/mol. The summed E-state index contributed by atoms with van der Waals surface area (Å²) in [5, 5.41) is 36.3. The third-order valence-electron chi connectivity index (χ3n) is 12.8. The lowest BCUT2D eigenvalue weighted by Crippen LogP contribution is -2.69. The first kappa shape index (κ1) is 50.5. The molecule has 0 aromatic heterocycles. The number of oxime groups is 1. The number of likely N-dealkylation sites (N-methyl/N-ethyl adjacent to an activating group) is 1. The first-order valence-electron chi connectivity index (χ1n) is 24.0. The van der Waals surface area contributed by atoms with Crippen molar-refractivity contribution in [2.24, 2.45) is 22.9 Å². The van der Waals surface area contributed by atoms with Crippen molar-refractivity contribution in [2.75, 3.05) is 33.5 Å². The second-order valence-corrected chi connectivity index (χ2v) is 18.7. The standard InChI is InChI=1S/C51H75N3O10/c1-7-9-10-11-12-13-14-15-16-21-32-60-49(57)53(6)46-36-44(52-64-50(3,4)5)42-33-37(23-17-19-29-55)41(26-18-20-30-56)47-43-35-40(62-39-25-22-24-38(34-39)54(58)59)27-28-45(43)63-51(46,48(42)47)61-31-8-2/h8,22,24-25,27-28,33-35,37,41,46-48,55-56H,2,7,9-21,23,26,29-32,36H2,1,3-6H3/t37-,41+,46-,47+,48+,51+/m0/s1. The SMILES string of the molecule is C=CCO[C@@]12Oc3ccc(Oc4cccc([N+](=O)[O-])c4)cc3[C@H]3[C@H](CCCCO)[C@@H](CCCCO)C=C(C(=NOC(C)(C)C)C[C@@H]1N(C)C(=O)OCCCCCCCCCCCC)[C@H]32. The number of non-ortho nitro benzene ring substituents is 1. The van der Waals surface area contributed by atoms with E-state index in [-0.39, 0.29) is 49.7 Å². The highest BCUT2D eigenvalue weighted by Crippen LogP contribution is 2.62. The van der Waals surface area contributed by atoms with Gasteiger partial charge in [0.1, 0.15) is 28.9 Å². The Bertz CT molecular complexity index is 1880. The van der Waals surface area contributed by atoms with Crippen LogP contribution in [0.1, 0.15) is 148 Å². The Morgan fingerprint density at radius 2 is 1.62 bits per heavy atom. The van der Waals surface area contributed by atoms with Crippen LogP contribution in [0.4, 0.5) is 10.5 Å². The van der Waals surface area contributed by atoms with E-state index >= 15 is 0 Å². The van der Waals surface area contributed by atoms with Crippen LogP contribution in [0.25, 0.3) is 0 Å². The Morgan fingerprint density at radius 1 is 0.953 bits per heavy atom. The first-order valence-corrected chi connectivity index (χ1v) is 24.0. The molecule has 1 amide bonds. The lowest BCUT2D eigenvalue weighted by Gasteiger charge is -2.59. The number of aliphatic hydroxyl groups is 2. The van der Waals surface area contributed by atoms with Gasteiger partial charge in [-0.3, -0.25) is 10.1 Å². The van der Waals surface area contributed by atoms with Crippen LogP contribution in [-0.2, 0) is 14.3 Å². The van der Waals surface area contributed by atoms with Gasteiger partial charge < -0.3 is 38.9 Å². The Labute approximate surface area is 381 Å². The van der Waals surface area contributed by atoms with Crippen molar-refractivity contribution in [2.45, 2.75) is 160 Å². The van der Waals surface area contributed by atoms with Gasteiger partial charge in [0, 0.05) is 44.2 Å². The summed E-state index contributed by atoms with van der Waals surface area (Å²) in [5.74, 6) is -0.749. The number of nitrogens with zero attached hydrogens (tertiary/aromatic N) is 3. The predicted molar refractivity (Wildman–Crippen MR) is 250 cm³/mol. The molecule has 1 fully saturated rings. The molecule has 0 saturated heterocycles. The molecule has 64 heavy (non-hydrogen) atoms. The Balaban J connectivity index is 1.57. The molecule has 1 aliphatic heterocycles. The van der Waals surface area contributed by atoms with Crippen molar-refractivity contribution in [1.29, 1.82) is 0 Å². The maximum Gasteiger partial charge on any atom is 0.409 e. The molecule has 2 aromatic rings. The van der Waals surface area contributed by atoms with E-state index in [0.29, 0.717) is 42.4 Å². The van der Waals surface area contributed by atoms with Crippen molar-refractivity contribution in [3.8, 4) is 17.2 Å². The molecule has 1 heterocycles. The number of aliphatic hydroxyl groups excluding tert-OH is 2. The molecule has 354 valence electrons. The molecule has 13 nitrogen and oxygen atoms in total. The monoisotopic (exact) mass is 890 g/mol. The third kappa shape index (κ3) is 13.3. The highest BCUT2D eigenvalue weighted by molar-refractivity contribution is 6.03. The zero-order chi connectivity index (χ0) is 46.1. The summed E-state index contributed by atoms with van der Waals surface area (Å²) in [6, 6.07) is 11.0. The fourth-order valence-electron chi connectivity index (χ4n) is 9.76. The Kier molecular flexibility index (Phi) is 19.5. The minimum Gasteiger partial charge on any atom is -0.459 e. The van der Waals surface area contributed by atoms with E-state index in [1.807, 2.05) is 32.9 Å². The number of carbonyl (C=O) groups is 1. The number of nitro groups is 1. The van der Waals surface area contributed by atoms with Crippen molar-refractivity contribution in [1.82, 2.24) is 4.90 Å². The number of benzene rings is 2. The van der Waals surface area contributed by atoms with Gasteiger partial charge in [-0.05, 0) is 94.5 Å². The van der Waals surface area contributed by atoms with Crippen LogP contribution in [0.5, 0.6) is 17.2 Å². The number of rotatable bonds is 27. The minimum atomic E-state index is -1.42. The van der Waals surface area contributed by atoms with Crippen LogP contribution in [0, 0.1) is 27.9 Å². The molecule has 3 aliphatic rings. The van der Waals surface area contributed by atoms with E-state index in [4.69, 9.17) is 28.9 Å². The average Bonchev–Trinajstić information content (AvgIpc) is 3.27. The van der Waals surface area contributed by atoms with Gasteiger partial charge in [0.15, 0.2) is 0 Å². The van der Waals surface area contributed by atoms with Crippen molar-refractivity contribution >= 4 is 17.5 Å². The van der Waals surface area contributed by atoms with E-state index in [1.165, 1.54) is 57.1 Å². The number of unbranched alkanes of at least 4 members (excludes halogenated alkanes) is 11. The number of allylic oxidation sites excluding steroid dienone is 1. The van der Waals surface area contributed by atoms with Gasteiger partial charge in [0.2, 0.25) is 5.79 Å². The number of hydrogen-bond donors (Lipinski definition) is 2. The van der Waals surface area contributed by atoms with E-state index in [2.05, 4.69) is 19.6 Å². The second kappa shape index (κ2) is 24.7. The van der Waals surface area contributed by atoms with Gasteiger partial charge in [-0.2, -0.15) is 0 Å². The van der Waals surface area contributed by atoms with Crippen molar-refractivity contribution < 1.29 is 43.7 Å². The predicted octanol–water partition coefficient (Wildman–Crippen LogP) is 11.8. The van der Waals surface area contributed by atoms with Crippen LogP contribution in [0.2, 0.25) is 0 Å². The van der Waals surface area contributed by atoms with Gasteiger partial charge >= 0.3 is 6.09 Å². The van der Waals surface area contributed by atoms with Gasteiger partial charge in [-0.25, -0.2) is 4.79 Å². The van der Waals surface area contributed by atoms with Crippen LogP contribution >= 0.6 is 0 Å². The van der Waals surface area contributed by atoms with Gasteiger partial charge in [-0.1, -0.05) is 101 Å². The number of hydrogen-bond acceptors (Lipinski definition) is 11. The van der Waals surface area contributed by atoms with Crippen LogP contribution in [0.15, 0.2) is 71.9 Å². The molecular weight excluding hydrogens is 815 g/mol. The molecule has 1 saturated carbocycles. The van der Waals surface area contributed by atoms with Crippen LogP contribution in [0.3, 0.4) is 0 Å². The molecular formula is C51H75N3O10. The van der Waals surface area contributed by atoms with E-state index < -0.39 is 34.4 Å². The van der Waals surface area contributed by atoms with Crippen LogP contribution < -0.4 is 9.47 Å². The number of ether oxygens (including phenoxy) is 4. The zero-order valence-corrected chi connectivity index (χ0v) is 39.1.